The Morgan fingerprint density at radius 2 is 1.72 bits per heavy atom. The molecule has 0 radical (unpaired) electrons. The summed E-state index contributed by atoms with van der Waals surface area (Å²) in [5.74, 6) is 0.887. The SMILES string of the molecule is COc1ccccc1N1CCN(C(C)C(O)c2ccc3[nH]c(=O)[nH]c3c2)CC1.Cl. The highest BCUT2D eigenvalue weighted by atomic mass is 35.5. The molecule has 0 aliphatic carbocycles. The molecule has 0 saturated carbocycles. The van der Waals surface area contributed by atoms with Gasteiger partial charge in [-0.15, -0.1) is 12.4 Å². The van der Waals surface area contributed by atoms with Crippen LogP contribution in [-0.2, 0) is 0 Å². The molecule has 0 amide bonds. The minimum Gasteiger partial charge on any atom is -0.495 e. The highest BCUT2D eigenvalue weighted by Gasteiger charge is 2.27. The molecule has 4 rings (SSSR count). The van der Waals surface area contributed by atoms with Crippen LogP contribution in [0, 0.1) is 0 Å². The third-order valence-electron chi connectivity index (χ3n) is 5.65. The Labute approximate surface area is 175 Å². The molecule has 3 aromatic rings. The van der Waals surface area contributed by atoms with Crippen molar-refractivity contribution in [3.8, 4) is 5.75 Å². The lowest BCUT2D eigenvalue weighted by Crippen LogP contribution is -2.51. The number of rotatable bonds is 5. The van der Waals surface area contributed by atoms with Crippen LogP contribution in [0.4, 0.5) is 5.69 Å². The molecule has 8 heteroatoms. The molecule has 156 valence electrons. The van der Waals surface area contributed by atoms with Crippen LogP contribution in [0.25, 0.3) is 11.0 Å². The first-order chi connectivity index (χ1) is 13.6. The van der Waals surface area contributed by atoms with Gasteiger partial charge in [0, 0.05) is 32.2 Å². The van der Waals surface area contributed by atoms with E-state index in [9.17, 15) is 9.90 Å². The standard InChI is InChI=1S/C21H26N4O3.ClH/c1-14(20(26)15-7-8-16-17(13-15)23-21(27)22-16)24-9-11-25(12-10-24)18-5-3-4-6-19(18)28-2;/h3-8,13-14,20,26H,9-12H2,1-2H3,(H2,22,23,27);1H. The maximum atomic E-state index is 11.4. The zero-order valence-corrected chi connectivity index (χ0v) is 17.4. The van der Waals surface area contributed by atoms with Gasteiger partial charge in [0.25, 0.3) is 0 Å². The lowest BCUT2D eigenvalue weighted by Gasteiger charge is -2.40. The van der Waals surface area contributed by atoms with Gasteiger partial charge in [-0.05, 0) is 36.8 Å². The second-order valence-corrected chi connectivity index (χ2v) is 7.26. The second-order valence-electron chi connectivity index (χ2n) is 7.26. The van der Waals surface area contributed by atoms with Gasteiger partial charge in [-0.2, -0.15) is 0 Å². The number of H-pyrrole nitrogens is 2. The summed E-state index contributed by atoms with van der Waals surface area (Å²) in [5, 5.41) is 10.9. The number of aromatic amines is 2. The number of hydrogen-bond donors (Lipinski definition) is 3. The Bertz CT molecular complexity index is 1010. The molecule has 1 aromatic heterocycles. The summed E-state index contributed by atoms with van der Waals surface area (Å²) in [4.78, 5) is 21.6. The largest absolute Gasteiger partial charge is 0.495 e. The lowest BCUT2D eigenvalue weighted by molar-refractivity contribution is 0.0546. The minimum atomic E-state index is -0.624. The number of nitrogens with zero attached hydrogens (tertiary/aromatic N) is 2. The van der Waals surface area contributed by atoms with E-state index in [1.807, 2.05) is 43.3 Å². The van der Waals surface area contributed by atoms with Crippen molar-refractivity contribution in [3.05, 3.63) is 58.5 Å². The summed E-state index contributed by atoms with van der Waals surface area (Å²) in [6.45, 7) is 5.52. The van der Waals surface area contributed by atoms with Crippen LogP contribution >= 0.6 is 12.4 Å². The molecule has 0 spiro atoms. The smallest absolute Gasteiger partial charge is 0.323 e. The highest BCUT2D eigenvalue weighted by Crippen LogP contribution is 2.30. The number of piperazine rings is 1. The molecule has 2 unspecified atom stereocenters. The summed E-state index contributed by atoms with van der Waals surface area (Å²) in [5.41, 5.74) is 3.15. The van der Waals surface area contributed by atoms with Crippen LogP contribution in [0.15, 0.2) is 47.3 Å². The highest BCUT2D eigenvalue weighted by molar-refractivity contribution is 5.85. The van der Waals surface area contributed by atoms with E-state index >= 15 is 0 Å². The molecular weight excluding hydrogens is 392 g/mol. The van der Waals surface area contributed by atoms with E-state index in [-0.39, 0.29) is 24.1 Å². The number of fused-ring (bicyclic) bond motifs is 1. The van der Waals surface area contributed by atoms with Crippen molar-refractivity contribution >= 4 is 29.1 Å². The summed E-state index contributed by atoms with van der Waals surface area (Å²) >= 11 is 0. The number of aliphatic hydroxyl groups excluding tert-OH is 1. The van der Waals surface area contributed by atoms with Gasteiger partial charge in [-0.1, -0.05) is 18.2 Å². The number of halogens is 1. The molecule has 1 saturated heterocycles. The summed E-state index contributed by atoms with van der Waals surface area (Å²) in [6, 6.07) is 13.6. The minimum absolute atomic E-state index is 0. The molecule has 0 bridgehead atoms. The first-order valence-electron chi connectivity index (χ1n) is 9.59. The number of imidazole rings is 1. The number of nitrogens with one attached hydrogen (secondary N) is 2. The average Bonchev–Trinajstić information content (AvgIpc) is 3.12. The third kappa shape index (κ3) is 4.27. The normalized spacial score (nSPS) is 17.0. The van der Waals surface area contributed by atoms with E-state index in [4.69, 9.17) is 4.74 Å². The third-order valence-corrected chi connectivity index (χ3v) is 5.65. The molecule has 2 heterocycles. The van der Waals surface area contributed by atoms with Crippen molar-refractivity contribution in [2.45, 2.75) is 19.1 Å². The molecule has 1 aliphatic heterocycles. The number of aromatic nitrogens is 2. The van der Waals surface area contributed by atoms with Gasteiger partial charge in [0.05, 0.1) is 29.9 Å². The summed E-state index contributed by atoms with van der Waals surface area (Å²) in [6.07, 6.45) is -0.624. The van der Waals surface area contributed by atoms with E-state index in [1.165, 1.54) is 0 Å². The number of ether oxygens (including phenoxy) is 1. The van der Waals surface area contributed by atoms with Gasteiger partial charge in [0.2, 0.25) is 0 Å². The van der Waals surface area contributed by atoms with Crippen molar-refractivity contribution in [2.75, 3.05) is 38.2 Å². The van der Waals surface area contributed by atoms with Gasteiger partial charge in [0.15, 0.2) is 0 Å². The molecule has 1 aliphatic rings. The van der Waals surface area contributed by atoms with Crippen LogP contribution in [0.5, 0.6) is 5.75 Å². The van der Waals surface area contributed by atoms with Gasteiger partial charge < -0.3 is 24.7 Å². The number of hydrogen-bond acceptors (Lipinski definition) is 5. The van der Waals surface area contributed by atoms with E-state index in [1.54, 1.807) is 7.11 Å². The maximum Gasteiger partial charge on any atom is 0.323 e. The fourth-order valence-corrected chi connectivity index (χ4v) is 3.97. The molecule has 3 N–H and O–H groups in total. The van der Waals surface area contributed by atoms with Crippen molar-refractivity contribution < 1.29 is 9.84 Å². The first-order valence-corrected chi connectivity index (χ1v) is 9.59. The molecule has 29 heavy (non-hydrogen) atoms. The van der Waals surface area contributed by atoms with E-state index < -0.39 is 6.10 Å². The zero-order chi connectivity index (χ0) is 19.7. The van der Waals surface area contributed by atoms with Gasteiger partial charge >= 0.3 is 5.69 Å². The molecule has 2 atom stereocenters. The number of anilines is 1. The van der Waals surface area contributed by atoms with Gasteiger partial charge in [-0.25, -0.2) is 4.79 Å². The predicted octanol–water partition coefficient (Wildman–Crippen LogP) is 2.53. The van der Waals surface area contributed by atoms with Crippen LogP contribution in [0.1, 0.15) is 18.6 Å². The number of methoxy groups -OCH3 is 1. The van der Waals surface area contributed by atoms with E-state index in [2.05, 4.69) is 25.8 Å². The Morgan fingerprint density at radius 1 is 1.03 bits per heavy atom. The predicted molar refractivity (Wildman–Crippen MR) is 117 cm³/mol. The van der Waals surface area contributed by atoms with Crippen molar-refractivity contribution in [1.29, 1.82) is 0 Å². The van der Waals surface area contributed by atoms with Crippen molar-refractivity contribution in [1.82, 2.24) is 14.9 Å². The monoisotopic (exact) mass is 418 g/mol. The van der Waals surface area contributed by atoms with E-state index in [0.717, 1.165) is 54.2 Å². The van der Waals surface area contributed by atoms with Crippen LogP contribution in [0.3, 0.4) is 0 Å². The summed E-state index contributed by atoms with van der Waals surface area (Å²) in [7, 11) is 1.70. The topological polar surface area (TPSA) is 84.6 Å². The molecule has 7 nitrogen and oxygen atoms in total. The maximum absolute atomic E-state index is 11.4. The van der Waals surface area contributed by atoms with Gasteiger partial charge in [0.1, 0.15) is 5.75 Å². The second kappa shape index (κ2) is 8.90. The molecule has 1 fully saturated rings. The van der Waals surface area contributed by atoms with Crippen LogP contribution < -0.4 is 15.3 Å². The number of benzene rings is 2. The Morgan fingerprint density at radius 3 is 2.45 bits per heavy atom. The fourth-order valence-electron chi connectivity index (χ4n) is 3.97. The summed E-state index contributed by atoms with van der Waals surface area (Å²) < 4.78 is 5.48. The first kappa shape index (κ1) is 21.2. The van der Waals surface area contributed by atoms with Crippen molar-refractivity contribution in [2.24, 2.45) is 0 Å². The zero-order valence-electron chi connectivity index (χ0n) is 16.6. The number of para-hydroxylation sites is 2. The van der Waals surface area contributed by atoms with Crippen molar-refractivity contribution in [3.63, 3.8) is 0 Å². The lowest BCUT2D eigenvalue weighted by atomic mass is 10.0. The Kier molecular flexibility index (Phi) is 6.52. The Balaban J connectivity index is 0.00000240. The molecule has 2 aromatic carbocycles. The molecular formula is C21H27ClN4O3. The van der Waals surface area contributed by atoms with Crippen LogP contribution in [-0.4, -0.2) is 59.3 Å². The fraction of sp³-hybridized carbons (Fsp3) is 0.381. The Hall–Kier alpha value is -2.48. The quantitative estimate of drug-likeness (QED) is 0.593. The van der Waals surface area contributed by atoms with Crippen LogP contribution in [0.2, 0.25) is 0 Å². The van der Waals surface area contributed by atoms with E-state index in [0.29, 0.717) is 0 Å². The number of aliphatic hydroxyl groups is 1. The average molecular weight is 419 g/mol. The van der Waals surface area contributed by atoms with Gasteiger partial charge in [-0.3, -0.25) is 4.90 Å².